The van der Waals surface area contributed by atoms with Crippen molar-refractivity contribution in [2.24, 2.45) is 0 Å². The first-order valence-electron chi connectivity index (χ1n) is 6.86. The van der Waals surface area contributed by atoms with Crippen LogP contribution in [-0.2, 0) is 11.2 Å². The van der Waals surface area contributed by atoms with Crippen LogP contribution in [0.25, 0.3) is 0 Å². The van der Waals surface area contributed by atoms with Crippen molar-refractivity contribution < 1.29 is 18.7 Å². The van der Waals surface area contributed by atoms with Gasteiger partial charge >= 0.3 is 0 Å². The van der Waals surface area contributed by atoms with Gasteiger partial charge < -0.3 is 19.8 Å². The van der Waals surface area contributed by atoms with Gasteiger partial charge in [0.25, 0.3) is 5.91 Å². The average molecular weight is 302 g/mol. The molecule has 0 radical (unpaired) electrons. The molecule has 0 atom stereocenters. The molecule has 6 nitrogen and oxygen atoms in total. The molecule has 2 aromatic rings. The average Bonchev–Trinajstić information content (AvgIpc) is 3.01. The summed E-state index contributed by atoms with van der Waals surface area (Å²) in [5.41, 5.74) is 1.59. The van der Waals surface area contributed by atoms with E-state index in [1.807, 2.05) is 6.07 Å². The minimum atomic E-state index is -0.262. The summed E-state index contributed by atoms with van der Waals surface area (Å²) in [6.45, 7) is 1.88. The first-order chi connectivity index (χ1) is 10.6. The monoisotopic (exact) mass is 302 g/mol. The molecule has 0 aliphatic rings. The summed E-state index contributed by atoms with van der Waals surface area (Å²) in [5.74, 6) is 0.588. The number of anilines is 1. The molecule has 0 aliphatic heterocycles. The molecule has 0 spiro atoms. The fourth-order valence-electron chi connectivity index (χ4n) is 2.06. The number of carbonyl (C=O) groups excluding carboxylic acids is 2. The first kappa shape index (κ1) is 15.6. The lowest BCUT2D eigenvalue weighted by Crippen LogP contribution is -2.25. The van der Waals surface area contributed by atoms with Gasteiger partial charge in [-0.2, -0.15) is 0 Å². The standard InChI is InChI=1S/C16H18N2O4/c1-11(19)18-13-5-6-14(21-2)12(10-13)7-8-17-16(20)15-4-3-9-22-15/h3-6,9-10H,7-8H2,1-2H3,(H,17,20)(H,18,19). The van der Waals surface area contributed by atoms with Gasteiger partial charge in [-0.1, -0.05) is 0 Å². The van der Waals surface area contributed by atoms with Crippen LogP contribution in [0.1, 0.15) is 23.0 Å². The number of ether oxygens (including phenoxy) is 1. The molecule has 116 valence electrons. The summed E-state index contributed by atoms with van der Waals surface area (Å²) in [6, 6.07) is 8.65. The van der Waals surface area contributed by atoms with Gasteiger partial charge in [0.2, 0.25) is 5.91 Å². The molecule has 1 aromatic carbocycles. The number of methoxy groups -OCH3 is 1. The number of carbonyl (C=O) groups is 2. The van der Waals surface area contributed by atoms with Crippen molar-refractivity contribution in [2.75, 3.05) is 19.0 Å². The number of nitrogens with one attached hydrogen (secondary N) is 2. The Morgan fingerprint density at radius 3 is 2.73 bits per heavy atom. The Bertz CT molecular complexity index is 650. The summed E-state index contributed by atoms with van der Waals surface area (Å²) in [4.78, 5) is 22.9. The van der Waals surface area contributed by atoms with Crippen molar-refractivity contribution in [3.8, 4) is 5.75 Å². The summed E-state index contributed by atoms with van der Waals surface area (Å²) in [6.07, 6.45) is 2.03. The third-order valence-corrected chi connectivity index (χ3v) is 3.03. The molecule has 1 heterocycles. The number of amides is 2. The van der Waals surface area contributed by atoms with Crippen molar-refractivity contribution in [1.82, 2.24) is 5.32 Å². The highest BCUT2D eigenvalue weighted by molar-refractivity contribution is 5.91. The maximum atomic E-state index is 11.8. The zero-order valence-corrected chi connectivity index (χ0v) is 12.5. The molecule has 1 aromatic heterocycles. The lowest BCUT2D eigenvalue weighted by molar-refractivity contribution is -0.114. The number of rotatable bonds is 6. The van der Waals surface area contributed by atoms with Gasteiger partial charge in [-0.15, -0.1) is 0 Å². The van der Waals surface area contributed by atoms with Gasteiger partial charge in [-0.05, 0) is 42.3 Å². The molecule has 2 N–H and O–H groups in total. The Morgan fingerprint density at radius 2 is 2.09 bits per heavy atom. The quantitative estimate of drug-likeness (QED) is 0.857. The Labute approximate surface area is 128 Å². The summed E-state index contributed by atoms with van der Waals surface area (Å²) < 4.78 is 10.3. The lowest BCUT2D eigenvalue weighted by Gasteiger charge is -2.11. The van der Waals surface area contributed by atoms with E-state index in [4.69, 9.17) is 9.15 Å². The van der Waals surface area contributed by atoms with Crippen molar-refractivity contribution in [2.45, 2.75) is 13.3 Å². The third-order valence-electron chi connectivity index (χ3n) is 3.03. The van der Waals surface area contributed by atoms with E-state index < -0.39 is 0 Å². The van der Waals surface area contributed by atoms with E-state index in [-0.39, 0.29) is 17.6 Å². The highest BCUT2D eigenvalue weighted by Crippen LogP contribution is 2.23. The normalized spacial score (nSPS) is 10.1. The van der Waals surface area contributed by atoms with Gasteiger partial charge in [0.1, 0.15) is 5.75 Å². The van der Waals surface area contributed by atoms with Crippen LogP contribution in [0.5, 0.6) is 5.75 Å². The van der Waals surface area contributed by atoms with Crippen LogP contribution >= 0.6 is 0 Å². The fourth-order valence-corrected chi connectivity index (χ4v) is 2.06. The van der Waals surface area contributed by atoms with Gasteiger partial charge in [-0.25, -0.2) is 0 Å². The van der Waals surface area contributed by atoms with Crippen LogP contribution in [0.15, 0.2) is 41.0 Å². The number of benzene rings is 1. The van der Waals surface area contributed by atoms with E-state index in [2.05, 4.69) is 10.6 Å². The zero-order valence-electron chi connectivity index (χ0n) is 12.5. The second-order valence-corrected chi connectivity index (χ2v) is 4.69. The summed E-state index contributed by atoms with van der Waals surface area (Å²) >= 11 is 0. The third kappa shape index (κ3) is 4.12. The molecule has 0 saturated carbocycles. The molecular formula is C16H18N2O4. The van der Waals surface area contributed by atoms with E-state index in [0.29, 0.717) is 24.4 Å². The van der Waals surface area contributed by atoms with E-state index in [1.165, 1.54) is 13.2 Å². The molecule has 2 rings (SSSR count). The van der Waals surface area contributed by atoms with Gasteiger partial charge in [0.05, 0.1) is 13.4 Å². The molecule has 0 fully saturated rings. The number of furan rings is 1. The predicted octanol–water partition coefficient (Wildman–Crippen LogP) is 2.22. The number of hydrogen-bond acceptors (Lipinski definition) is 4. The SMILES string of the molecule is COc1ccc(NC(C)=O)cc1CCNC(=O)c1ccco1. The lowest BCUT2D eigenvalue weighted by atomic mass is 10.1. The van der Waals surface area contributed by atoms with Crippen molar-refractivity contribution in [1.29, 1.82) is 0 Å². The van der Waals surface area contributed by atoms with Crippen LogP contribution < -0.4 is 15.4 Å². The van der Waals surface area contributed by atoms with Crippen LogP contribution in [0, 0.1) is 0 Å². The Balaban J connectivity index is 1.98. The largest absolute Gasteiger partial charge is 0.496 e. The van der Waals surface area contributed by atoms with Crippen molar-refractivity contribution in [3.63, 3.8) is 0 Å². The smallest absolute Gasteiger partial charge is 0.286 e. The molecule has 6 heteroatoms. The molecule has 22 heavy (non-hydrogen) atoms. The highest BCUT2D eigenvalue weighted by atomic mass is 16.5. The maximum Gasteiger partial charge on any atom is 0.286 e. The molecule has 0 saturated heterocycles. The van der Waals surface area contributed by atoms with Crippen molar-refractivity contribution in [3.05, 3.63) is 47.9 Å². The van der Waals surface area contributed by atoms with E-state index >= 15 is 0 Å². The van der Waals surface area contributed by atoms with Crippen LogP contribution in [0.3, 0.4) is 0 Å². The first-order valence-corrected chi connectivity index (χ1v) is 6.86. The van der Waals surface area contributed by atoms with E-state index in [1.54, 1.807) is 31.4 Å². The van der Waals surface area contributed by atoms with Crippen LogP contribution in [-0.4, -0.2) is 25.5 Å². The second-order valence-electron chi connectivity index (χ2n) is 4.69. The van der Waals surface area contributed by atoms with Crippen LogP contribution in [0.4, 0.5) is 5.69 Å². The van der Waals surface area contributed by atoms with Gasteiger partial charge in [0.15, 0.2) is 5.76 Å². The predicted molar refractivity (Wildman–Crippen MR) is 82.0 cm³/mol. The second kappa shape index (κ2) is 7.31. The maximum absolute atomic E-state index is 11.8. The van der Waals surface area contributed by atoms with Gasteiger partial charge in [-0.3, -0.25) is 9.59 Å². The van der Waals surface area contributed by atoms with E-state index in [0.717, 1.165) is 5.56 Å². The topological polar surface area (TPSA) is 80.6 Å². The Hall–Kier alpha value is -2.76. The minimum absolute atomic E-state index is 0.137. The van der Waals surface area contributed by atoms with Gasteiger partial charge in [0, 0.05) is 19.2 Å². The number of hydrogen-bond donors (Lipinski definition) is 2. The molecule has 0 unspecified atom stereocenters. The molecule has 0 aliphatic carbocycles. The highest BCUT2D eigenvalue weighted by Gasteiger charge is 2.09. The van der Waals surface area contributed by atoms with Crippen LogP contribution in [0.2, 0.25) is 0 Å². The molecule has 2 amide bonds. The zero-order chi connectivity index (χ0) is 15.9. The summed E-state index contributed by atoms with van der Waals surface area (Å²) in [7, 11) is 1.58. The van der Waals surface area contributed by atoms with E-state index in [9.17, 15) is 9.59 Å². The van der Waals surface area contributed by atoms with Crippen molar-refractivity contribution >= 4 is 17.5 Å². The summed E-state index contributed by atoms with van der Waals surface area (Å²) in [5, 5.41) is 5.49. The minimum Gasteiger partial charge on any atom is -0.496 e. The Kier molecular flexibility index (Phi) is 5.19. The Morgan fingerprint density at radius 1 is 1.27 bits per heavy atom. The molecular weight excluding hydrogens is 284 g/mol. The molecule has 0 bridgehead atoms. The fraction of sp³-hybridized carbons (Fsp3) is 0.250.